The number of benzene rings is 1. The van der Waals surface area contributed by atoms with Gasteiger partial charge in [-0.25, -0.2) is 4.39 Å². The van der Waals surface area contributed by atoms with Crippen LogP contribution in [0, 0.1) is 5.82 Å². The molecule has 0 aliphatic heterocycles. The summed E-state index contributed by atoms with van der Waals surface area (Å²) >= 11 is 9.14. The summed E-state index contributed by atoms with van der Waals surface area (Å²) in [4.78, 5) is 3.97. The third-order valence-corrected chi connectivity index (χ3v) is 4.24. The fourth-order valence-electron chi connectivity index (χ4n) is 1.93. The van der Waals surface area contributed by atoms with E-state index in [0.717, 1.165) is 5.56 Å². The van der Waals surface area contributed by atoms with Crippen molar-refractivity contribution in [3.05, 3.63) is 63.1 Å². The van der Waals surface area contributed by atoms with Crippen molar-refractivity contribution < 1.29 is 4.39 Å². The van der Waals surface area contributed by atoms with Crippen LogP contribution >= 0.6 is 27.5 Å². The van der Waals surface area contributed by atoms with Crippen molar-refractivity contribution >= 4 is 27.5 Å². The number of halogens is 3. The fourth-order valence-corrected chi connectivity index (χ4v) is 2.41. The number of rotatable bonds is 4. The first-order valence-electron chi connectivity index (χ1n) is 5.83. The maximum Gasteiger partial charge on any atom is 0.147 e. The van der Waals surface area contributed by atoms with E-state index < -0.39 is 0 Å². The van der Waals surface area contributed by atoms with Crippen LogP contribution in [0.1, 0.15) is 17.2 Å². The molecule has 0 fully saturated rings. The summed E-state index contributed by atoms with van der Waals surface area (Å²) < 4.78 is 14.8. The summed E-state index contributed by atoms with van der Waals surface area (Å²) in [6.07, 6.45) is 4.13. The van der Waals surface area contributed by atoms with E-state index in [1.165, 1.54) is 0 Å². The molecule has 5 heteroatoms. The predicted octanol–water partition coefficient (Wildman–Crippen LogP) is 4.14. The average Bonchev–Trinajstić information content (AvgIpc) is 2.44. The molecule has 0 aliphatic rings. The van der Waals surface area contributed by atoms with Crippen molar-refractivity contribution in [2.45, 2.75) is 12.5 Å². The van der Waals surface area contributed by atoms with Gasteiger partial charge in [0.2, 0.25) is 0 Å². The van der Waals surface area contributed by atoms with Gasteiger partial charge in [0.15, 0.2) is 0 Å². The van der Waals surface area contributed by atoms with Crippen molar-refractivity contribution in [3.63, 3.8) is 0 Å². The molecule has 1 heterocycles. The monoisotopic (exact) mass is 342 g/mol. The van der Waals surface area contributed by atoms with Crippen molar-refractivity contribution in [3.8, 4) is 0 Å². The third kappa shape index (κ3) is 3.32. The Morgan fingerprint density at radius 2 is 2.00 bits per heavy atom. The van der Waals surface area contributed by atoms with E-state index in [1.807, 2.05) is 12.1 Å². The minimum absolute atomic E-state index is 0.118. The Morgan fingerprint density at radius 3 is 2.63 bits per heavy atom. The van der Waals surface area contributed by atoms with Crippen molar-refractivity contribution in [2.75, 3.05) is 7.05 Å². The lowest BCUT2D eigenvalue weighted by Crippen LogP contribution is -2.20. The van der Waals surface area contributed by atoms with Gasteiger partial charge in [-0.15, -0.1) is 0 Å². The van der Waals surface area contributed by atoms with Gasteiger partial charge in [0.25, 0.3) is 0 Å². The SMILES string of the molecule is CNC(Cc1ccncc1)c1ccc(Br)c(Cl)c1F. The minimum atomic E-state index is -0.385. The van der Waals surface area contributed by atoms with Crippen molar-refractivity contribution in [1.29, 1.82) is 0 Å². The molecule has 2 nitrogen and oxygen atoms in total. The zero-order chi connectivity index (χ0) is 13.8. The minimum Gasteiger partial charge on any atom is -0.313 e. The Hall–Kier alpha value is -0.970. The fraction of sp³-hybridized carbons (Fsp3) is 0.214. The van der Waals surface area contributed by atoms with E-state index in [4.69, 9.17) is 11.6 Å². The maximum atomic E-state index is 14.2. The zero-order valence-corrected chi connectivity index (χ0v) is 12.7. The van der Waals surface area contributed by atoms with Gasteiger partial charge in [-0.1, -0.05) is 17.7 Å². The van der Waals surface area contributed by atoms with E-state index in [1.54, 1.807) is 31.6 Å². The van der Waals surface area contributed by atoms with E-state index in [-0.39, 0.29) is 16.9 Å². The summed E-state index contributed by atoms with van der Waals surface area (Å²) in [5, 5.41) is 3.24. The highest BCUT2D eigenvalue weighted by atomic mass is 79.9. The number of nitrogens with zero attached hydrogens (tertiary/aromatic N) is 1. The van der Waals surface area contributed by atoms with Gasteiger partial charge in [-0.05, 0) is 53.2 Å². The first-order chi connectivity index (χ1) is 9.13. The molecule has 0 amide bonds. The number of aromatic nitrogens is 1. The van der Waals surface area contributed by atoms with Gasteiger partial charge in [0.05, 0.1) is 5.02 Å². The molecule has 1 unspecified atom stereocenters. The van der Waals surface area contributed by atoms with Crippen LogP contribution in [0.15, 0.2) is 41.1 Å². The second-order valence-corrected chi connectivity index (χ2v) is 5.40. The van der Waals surface area contributed by atoms with Gasteiger partial charge in [0.1, 0.15) is 5.82 Å². The molecule has 0 radical (unpaired) electrons. The second kappa shape index (κ2) is 6.46. The van der Waals surface area contributed by atoms with Gasteiger partial charge >= 0.3 is 0 Å². The standard InChI is InChI=1S/C14H13BrClFN2/c1-18-12(8-9-4-6-19-7-5-9)10-2-3-11(15)13(16)14(10)17/h2-7,12,18H,8H2,1H3. The highest BCUT2D eigenvalue weighted by molar-refractivity contribution is 9.10. The maximum absolute atomic E-state index is 14.2. The number of hydrogen-bond acceptors (Lipinski definition) is 2. The summed E-state index contributed by atoms with van der Waals surface area (Å²) in [6, 6.07) is 7.21. The van der Waals surface area contributed by atoms with Crippen LogP contribution in [-0.4, -0.2) is 12.0 Å². The molecule has 0 spiro atoms. The Bertz CT molecular complexity index is 563. The Balaban J connectivity index is 2.30. The largest absolute Gasteiger partial charge is 0.313 e. The molecule has 1 atom stereocenters. The topological polar surface area (TPSA) is 24.9 Å². The quantitative estimate of drug-likeness (QED) is 0.844. The highest BCUT2D eigenvalue weighted by Crippen LogP contribution is 2.31. The summed E-state index contributed by atoms with van der Waals surface area (Å²) in [5.74, 6) is -0.385. The lowest BCUT2D eigenvalue weighted by atomic mass is 9.99. The van der Waals surface area contributed by atoms with Crippen molar-refractivity contribution in [2.24, 2.45) is 0 Å². The van der Waals surface area contributed by atoms with E-state index in [2.05, 4.69) is 26.2 Å². The smallest absolute Gasteiger partial charge is 0.147 e. The molecule has 0 saturated heterocycles. The van der Waals surface area contributed by atoms with E-state index in [0.29, 0.717) is 16.5 Å². The lowest BCUT2D eigenvalue weighted by Gasteiger charge is -2.18. The second-order valence-electron chi connectivity index (χ2n) is 4.17. The molecule has 2 aromatic rings. The Labute approximate surface area is 125 Å². The molecule has 2 rings (SSSR count). The van der Waals surface area contributed by atoms with Crippen LogP contribution in [0.3, 0.4) is 0 Å². The number of hydrogen-bond donors (Lipinski definition) is 1. The Morgan fingerprint density at radius 1 is 1.32 bits per heavy atom. The Kier molecular flexibility index (Phi) is 4.91. The molecular weight excluding hydrogens is 331 g/mol. The van der Waals surface area contributed by atoms with Crippen molar-refractivity contribution in [1.82, 2.24) is 10.3 Å². The normalized spacial score (nSPS) is 12.4. The van der Waals surface area contributed by atoms with E-state index >= 15 is 0 Å². The summed E-state index contributed by atoms with van der Waals surface area (Å²) in [6.45, 7) is 0. The average molecular weight is 344 g/mol. The highest BCUT2D eigenvalue weighted by Gasteiger charge is 2.18. The molecule has 0 aliphatic carbocycles. The predicted molar refractivity (Wildman–Crippen MR) is 78.9 cm³/mol. The van der Waals surface area contributed by atoms with Gasteiger partial charge in [-0.3, -0.25) is 4.98 Å². The van der Waals surface area contributed by atoms with Crippen LogP contribution in [0.4, 0.5) is 4.39 Å². The molecule has 1 N–H and O–H groups in total. The molecule has 0 saturated carbocycles. The summed E-state index contributed by atoms with van der Waals surface area (Å²) in [7, 11) is 1.81. The van der Waals surface area contributed by atoms with Gasteiger partial charge in [0, 0.05) is 28.5 Å². The van der Waals surface area contributed by atoms with Crippen LogP contribution in [0.5, 0.6) is 0 Å². The van der Waals surface area contributed by atoms with E-state index in [9.17, 15) is 4.39 Å². The number of nitrogens with one attached hydrogen (secondary N) is 1. The van der Waals surface area contributed by atoms with Crippen LogP contribution < -0.4 is 5.32 Å². The van der Waals surface area contributed by atoms with Crippen LogP contribution in [-0.2, 0) is 6.42 Å². The number of pyridine rings is 1. The first-order valence-corrected chi connectivity index (χ1v) is 7.00. The summed E-state index contributed by atoms with van der Waals surface area (Å²) in [5.41, 5.74) is 1.65. The van der Waals surface area contributed by atoms with Gasteiger partial charge in [-0.2, -0.15) is 0 Å². The molecule has 1 aromatic heterocycles. The molecular formula is C14H13BrClFN2. The first kappa shape index (κ1) is 14.4. The zero-order valence-electron chi connectivity index (χ0n) is 10.3. The molecule has 19 heavy (non-hydrogen) atoms. The van der Waals surface area contributed by atoms with Crippen LogP contribution in [0.25, 0.3) is 0 Å². The number of likely N-dealkylation sites (N-methyl/N-ethyl adjacent to an activating group) is 1. The molecule has 0 bridgehead atoms. The van der Waals surface area contributed by atoms with Crippen LogP contribution in [0.2, 0.25) is 5.02 Å². The third-order valence-electron chi connectivity index (χ3n) is 2.98. The molecule has 100 valence electrons. The lowest BCUT2D eigenvalue weighted by molar-refractivity contribution is 0.533. The molecule has 1 aromatic carbocycles. The van der Waals surface area contributed by atoms with Gasteiger partial charge < -0.3 is 5.32 Å².